The maximum atomic E-state index is 12.3. The molecule has 0 bridgehead atoms. The van der Waals surface area contributed by atoms with Crippen molar-refractivity contribution in [3.63, 3.8) is 0 Å². The summed E-state index contributed by atoms with van der Waals surface area (Å²) in [6.07, 6.45) is 2.47. The number of benzene rings is 2. The summed E-state index contributed by atoms with van der Waals surface area (Å²) in [6.45, 7) is 0.0969. The molecule has 0 aliphatic rings. The van der Waals surface area contributed by atoms with Crippen LogP contribution in [0, 0.1) is 0 Å². The molecule has 24 heavy (non-hydrogen) atoms. The van der Waals surface area contributed by atoms with E-state index in [1.807, 2.05) is 18.2 Å². The molecule has 1 aromatic heterocycles. The summed E-state index contributed by atoms with van der Waals surface area (Å²) in [5.41, 5.74) is 1.98. The molecule has 1 heterocycles. The van der Waals surface area contributed by atoms with Gasteiger partial charge in [0.25, 0.3) is 0 Å². The summed E-state index contributed by atoms with van der Waals surface area (Å²) in [5, 5.41) is 4.12. The zero-order chi connectivity index (χ0) is 17.3. The Kier molecular flexibility index (Phi) is 5.08. The highest BCUT2D eigenvalue weighted by molar-refractivity contribution is 9.10. The molecule has 3 aromatic rings. The van der Waals surface area contributed by atoms with E-state index in [0.29, 0.717) is 16.3 Å². The third-order valence-corrected chi connectivity index (χ3v) is 5.24. The van der Waals surface area contributed by atoms with Gasteiger partial charge in [0.15, 0.2) is 6.29 Å². The molecule has 0 radical (unpaired) electrons. The van der Waals surface area contributed by atoms with E-state index in [4.69, 9.17) is 11.6 Å². The second-order valence-corrected chi connectivity index (χ2v) is 7.35. The van der Waals surface area contributed by atoms with Gasteiger partial charge in [-0.05, 0) is 52.3 Å². The number of amides is 1. The van der Waals surface area contributed by atoms with Gasteiger partial charge in [0.1, 0.15) is 6.54 Å². The standard InChI is InChI=1S/C17H11Br2ClN2O2/c18-11-1-4-16-13(5-11)10(9-23)7-22(16)8-17(24)21-12-2-3-14(19)15(20)6-12/h1-7,9H,8H2,(H,21,24). The Morgan fingerprint density at radius 2 is 2.00 bits per heavy atom. The average Bonchev–Trinajstić information content (AvgIpc) is 2.87. The van der Waals surface area contributed by atoms with Crippen LogP contribution in [-0.2, 0) is 11.3 Å². The van der Waals surface area contributed by atoms with Crippen LogP contribution in [0.2, 0.25) is 5.02 Å². The smallest absolute Gasteiger partial charge is 0.244 e. The highest BCUT2D eigenvalue weighted by Crippen LogP contribution is 2.26. The van der Waals surface area contributed by atoms with Crippen LogP contribution >= 0.6 is 43.5 Å². The van der Waals surface area contributed by atoms with Crippen molar-refractivity contribution in [2.75, 3.05) is 5.32 Å². The Hall–Kier alpha value is -1.63. The molecule has 4 nitrogen and oxygen atoms in total. The first-order valence-electron chi connectivity index (χ1n) is 6.96. The molecule has 0 saturated heterocycles. The largest absolute Gasteiger partial charge is 0.337 e. The summed E-state index contributed by atoms with van der Waals surface area (Å²) in [6, 6.07) is 10.8. The van der Waals surface area contributed by atoms with E-state index in [0.717, 1.165) is 26.1 Å². The first-order chi connectivity index (χ1) is 11.5. The van der Waals surface area contributed by atoms with Crippen molar-refractivity contribution in [1.82, 2.24) is 4.57 Å². The van der Waals surface area contributed by atoms with Crippen LogP contribution in [0.3, 0.4) is 0 Å². The van der Waals surface area contributed by atoms with Crippen molar-refractivity contribution in [1.29, 1.82) is 0 Å². The van der Waals surface area contributed by atoms with Crippen LogP contribution in [0.25, 0.3) is 10.9 Å². The minimum atomic E-state index is -0.203. The van der Waals surface area contributed by atoms with E-state index >= 15 is 0 Å². The van der Waals surface area contributed by atoms with Crippen molar-refractivity contribution in [3.8, 4) is 0 Å². The average molecular weight is 471 g/mol. The third-order valence-electron chi connectivity index (χ3n) is 3.52. The van der Waals surface area contributed by atoms with Crippen molar-refractivity contribution < 1.29 is 9.59 Å². The molecule has 0 aliphatic carbocycles. The Morgan fingerprint density at radius 3 is 2.71 bits per heavy atom. The predicted octanol–water partition coefficient (Wildman–Crippen LogP) is 5.27. The molecule has 0 saturated carbocycles. The van der Waals surface area contributed by atoms with Crippen LogP contribution in [0.15, 0.2) is 51.5 Å². The highest BCUT2D eigenvalue weighted by atomic mass is 79.9. The monoisotopic (exact) mass is 468 g/mol. The molecule has 1 amide bonds. The Balaban J connectivity index is 1.85. The molecule has 3 rings (SSSR count). The highest BCUT2D eigenvalue weighted by Gasteiger charge is 2.12. The van der Waals surface area contributed by atoms with E-state index in [2.05, 4.69) is 37.2 Å². The van der Waals surface area contributed by atoms with Crippen molar-refractivity contribution in [2.24, 2.45) is 0 Å². The molecular formula is C17H11Br2ClN2O2. The number of nitrogens with one attached hydrogen (secondary N) is 1. The summed E-state index contributed by atoms with van der Waals surface area (Å²) in [4.78, 5) is 23.5. The number of nitrogens with zero attached hydrogens (tertiary/aromatic N) is 1. The number of fused-ring (bicyclic) bond motifs is 1. The van der Waals surface area contributed by atoms with Crippen LogP contribution in [-0.4, -0.2) is 16.8 Å². The first-order valence-corrected chi connectivity index (χ1v) is 8.93. The van der Waals surface area contributed by atoms with Crippen LogP contribution in [0.5, 0.6) is 0 Å². The van der Waals surface area contributed by atoms with Crippen LogP contribution in [0.1, 0.15) is 10.4 Å². The Labute approximate surface area is 160 Å². The fourth-order valence-corrected chi connectivity index (χ4v) is 3.24. The lowest BCUT2D eigenvalue weighted by Crippen LogP contribution is -2.18. The molecule has 7 heteroatoms. The van der Waals surface area contributed by atoms with Gasteiger partial charge in [0, 0.05) is 37.3 Å². The lowest BCUT2D eigenvalue weighted by atomic mass is 10.2. The summed E-state index contributed by atoms with van der Waals surface area (Å²) in [7, 11) is 0. The fraction of sp³-hybridized carbons (Fsp3) is 0.0588. The molecule has 0 aliphatic heterocycles. The lowest BCUT2D eigenvalue weighted by molar-refractivity contribution is -0.116. The molecule has 0 atom stereocenters. The van der Waals surface area contributed by atoms with Crippen LogP contribution in [0.4, 0.5) is 5.69 Å². The number of hydrogen-bond donors (Lipinski definition) is 1. The number of aldehydes is 1. The molecule has 1 N–H and O–H groups in total. The molecular weight excluding hydrogens is 459 g/mol. The maximum Gasteiger partial charge on any atom is 0.244 e. The van der Waals surface area contributed by atoms with Crippen LogP contribution < -0.4 is 5.32 Å². The molecule has 0 unspecified atom stereocenters. The zero-order valence-corrected chi connectivity index (χ0v) is 16.2. The van der Waals surface area contributed by atoms with Gasteiger partial charge in [0.2, 0.25) is 5.91 Å². The van der Waals surface area contributed by atoms with Crippen molar-refractivity contribution >= 4 is 72.2 Å². The zero-order valence-electron chi connectivity index (χ0n) is 12.2. The number of carbonyl (C=O) groups is 2. The summed E-state index contributed by atoms with van der Waals surface area (Å²) >= 11 is 12.7. The maximum absolute atomic E-state index is 12.3. The van der Waals surface area contributed by atoms with Gasteiger partial charge in [0.05, 0.1) is 5.02 Å². The minimum absolute atomic E-state index is 0.0969. The van der Waals surface area contributed by atoms with Gasteiger partial charge in [-0.1, -0.05) is 27.5 Å². The van der Waals surface area contributed by atoms with E-state index in [-0.39, 0.29) is 12.5 Å². The molecule has 122 valence electrons. The predicted molar refractivity (Wildman–Crippen MR) is 103 cm³/mol. The second kappa shape index (κ2) is 7.09. The molecule has 0 fully saturated rings. The number of aromatic nitrogens is 1. The number of halogens is 3. The Morgan fingerprint density at radius 1 is 1.21 bits per heavy atom. The van der Waals surface area contributed by atoms with Gasteiger partial charge < -0.3 is 9.88 Å². The third kappa shape index (κ3) is 3.55. The number of hydrogen-bond acceptors (Lipinski definition) is 2. The van der Waals surface area contributed by atoms with Gasteiger partial charge in [-0.25, -0.2) is 0 Å². The van der Waals surface area contributed by atoms with Gasteiger partial charge >= 0.3 is 0 Å². The van der Waals surface area contributed by atoms with E-state index < -0.39 is 0 Å². The van der Waals surface area contributed by atoms with E-state index in [9.17, 15) is 9.59 Å². The number of carbonyl (C=O) groups excluding carboxylic acids is 2. The number of anilines is 1. The summed E-state index contributed by atoms with van der Waals surface area (Å²) in [5.74, 6) is -0.203. The van der Waals surface area contributed by atoms with Gasteiger partial charge in [-0.2, -0.15) is 0 Å². The minimum Gasteiger partial charge on any atom is -0.337 e. The van der Waals surface area contributed by atoms with Crippen molar-refractivity contribution in [3.05, 3.63) is 62.1 Å². The SMILES string of the molecule is O=Cc1cn(CC(=O)Nc2ccc(Br)c(Cl)c2)c2ccc(Br)cc12. The quantitative estimate of drug-likeness (QED) is 0.528. The fourth-order valence-electron chi connectivity index (χ4n) is 2.45. The molecule has 0 spiro atoms. The van der Waals surface area contributed by atoms with E-state index in [1.54, 1.807) is 29.0 Å². The molecule has 2 aromatic carbocycles. The van der Waals surface area contributed by atoms with E-state index in [1.165, 1.54) is 0 Å². The summed E-state index contributed by atoms with van der Waals surface area (Å²) < 4.78 is 3.39. The number of rotatable bonds is 4. The first kappa shape index (κ1) is 17.2. The Bertz CT molecular complexity index is 953. The van der Waals surface area contributed by atoms with Gasteiger partial charge in [-0.15, -0.1) is 0 Å². The lowest BCUT2D eigenvalue weighted by Gasteiger charge is -2.08. The van der Waals surface area contributed by atoms with Crippen molar-refractivity contribution in [2.45, 2.75) is 6.54 Å². The second-order valence-electron chi connectivity index (χ2n) is 5.17. The normalized spacial score (nSPS) is 10.8. The van der Waals surface area contributed by atoms with Gasteiger partial charge in [-0.3, -0.25) is 9.59 Å². The topological polar surface area (TPSA) is 51.1 Å².